The van der Waals surface area contributed by atoms with Crippen LogP contribution in [0.5, 0.6) is 0 Å². The van der Waals surface area contributed by atoms with Crippen LogP contribution in [0.25, 0.3) is 0 Å². The molecule has 0 saturated heterocycles. The summed E-state index contributed by atoms with van der Waals surface area (Å²) in [5.41, 5.74) is 0. The van der Waals surface area contributed by atoms with E-state index in [4.69, 9.17) is 5.11 Å². The van der Waals surface area contributed by atoms with Gasteiger partial charge in [0.1, 0.15) is 0 Å². The summed E-state index contributed by atoms with van der Waals surface area (Å²) >= 11 is 0.328. The molecule has 0 radical (unpaired) electrons. The van der Waals surface area contributed by atoms with Gasteiger partial charge in [-0.25, -0.2) is 0 Å². The van der Waals surface area contributed by atoms with Crippen LogP contribution in [0.3, 0.4) is 0 Å². The molecule has 6 heteroatoms. The molecule has 0 aromatic carbocycles. The van der Waals surface area contributed by atoms with Gasteiger partial charge in [0.25, 0.3) is 0 Å². The molecule has 0 spiro atoms. The first kappa shape index (κ1) is 22.6. The van der Waals surface area contributed by atoms with Crippen molar-refractivity contribution in [3.63, 3.8) is 0 Å². The van der Waals surface area contributed by atoms with Gasteiger partial charge >= 0.3 is 138 Å². The zero-order valence-corrected chi connectivity index (χ0v) is 16.7. The molecule has 5 nitrogen and oxygen atoms in total. The summed E-state index contributed by atoms with van der Waals surface area (Å²) in [6, 6.07) is -0.608. The van der Waals surface area contributed by atoms with E-state index in [1.54, 1.807) is 0 Å². The molecule has 0 rings (SSSR count). The van der Waals surface area contributed by atoms with Crippen LogP contribution in [0, 0.1) is 0 Å². The molecule has 0 aromatic heterocycles. The Morgan fingerprint density at radius 1 is 0.913 bits per heavy atom. The van der Waals surface area contributed by atoms with Gasteiger partial charge in [-0.1, -0.05) is 19.8 Å². The fraction of sp³-hybridized carbons (Fsp3) is 0.824. The fourth-order valence-electron chi connectivity index (χ4n) is 2.51. The fourth-order valence-corrected chi connectivity index (χ4v) is 2.94. The molecule has 0 fully saturated rings. The predicted molar refractivity (Wildman–Crippen MR) is 91.4 cm³/mol. The van der Waals surface area contributed by atoms with Gasteiger partial charge in [0.2, 0.25) is 0 Å². The molecule has 0 saturated carbocycles. The Morgan fingerprint density at radius 3 is 1.91 bits per heavy atom. The maximum atomic E-state index is 11.8. The van der Waals surface area contributed by atoms with Crippen LogP contribution in [-0.2, 0) is 14.4 Å². The topological polar surface area (TPSA) is 83.5 Å². The zero-order valence-electron chi connectivity index (χ0n) is 14.7. The third-order valence-electron chi connectivity index (χ3n) is 3.98. The summed E-state index contributed by atoms with van der Waals surface area (Å²) in [7, 11) is 0. The van der Waals surface area contributed by atoms with Gasteiger partial charge in [0.05, 0.1) is 0 Å². The molecule has 0 heterocycles. The summed E-state index contributed by atoms with van der Waals surface area (Å²) in [5.74, 6) is -1.07. The zero-order chi connectivity index (χ0) is 17.5. The van der Waals surface area contributed by atoms with Crippen LogP contribution < -0.4 is 5.32 Å². The Hall–Kier alpha value is -0.390. The summed E-state index contributed by atoms with van der Waals surface area (Å²) in [5, 5.41) is 11.3. The molecule has 0 aliphatic rings. The number of carboxylic acids is 1. The quantitative estimate of drug-likeness (QED) is 0.356. The summed E-state index contributed by atoms with van der Waals surface area (Å²) in [6.07, 6.45) is 11.3. The Morgan fingerprint density at radius 2 is 1.43 bits per heavy atom. The summed E-state index contributed by atoms with van der Waals surface area (Å²) in [4.78, 5) is 33.8. The second-order valence-electron chi connectivity index (χ2n) is 6.24. The van der Waals surface area contributed by atoms with Crippen molar-refractivity contribution >= 4 is 42.8 Å². The summed E-state index contributed by atoms with van der Waals surface area (Å²) < 4.78 is -0.0494. The molecular formula is C17H30NNaO4. The van der Waals surface area contributed by atoms with Crippen molar-refractivity contribution in [2.75, 3.05) is 0 Å². The maximum absolute atomic E-state index is 11.8. The SMILES string of the molecule is CCCCCCCCCCCC(=O)NC(CCC(=O)O)[C](=O)[Na]. The average Bonchev–Trinajstić information content (AvgIpc) is 2.49. The Balaban J connectivity index is 3.67. The minimum atomic E-state index is -0.939. The second-order valence-corrected chi connectivity index (χ2v) is 7.23. The van der Waals surface area contributed by atoms with Crippen LogP contribution >= 0.6 is 0 Å². The van der Waals surface area contributed by atoms with Crippen LogP contribution in [0.4, 0.5) is 0 Å². The third-order valence-corrected chi connectivity index (χ3v) is 4.68. The van der Waals surface area contributed by atoms with Gasteiger partial charge in [-0.05, 0) is 0 Å². The number of carbonyl (C=O) groups excluding carboxylic acids is 2. The number of nitrogens with one attached hydrogen (secondary N) is 1. The van der Waals surface area contributed by atoms with E-state index in [1.165, 1.54) is 38.5 Å². The van der Waals surface area contributed by atoms with E-state index in [2.05, 4.69) is 12.2 Å². The van der Waals surface area contributed by atoms with E-state index in [9.17, 15) is 14.4 Å². The Labute approximate surface area is 157 Å². The van der Waals surface area contributed by atoms with Crippen molar-refractivity contribution in [2.45, 2.75) is 90.0 Å². The number of amides is 1. The van der Waals surface area contributed by atoms with E-state index in [-0.39, 0.29) is 21.8 Å². The van der Waals surface area contributed by atoms with Crippen molar-refractivity contribution in [1.82, 2.24) is 5.32 Å². The predicted octanol–water partition coefficient (Wildman–Crippen LogP) is 2.95. The van der Waals surface area contributed by atoms with Gasteiger partial charge in [-0.15, -0.1) is 0 Å². The van der Waals surface area contributed by atoms with E-state index in [0.717, 1.165) is 19.3 Å². The van der Waals surface area contributed by atoms with E-state index >= 15 is 0 Å². The van der Waals surface area contributed by atoms with Gasteiger partial charge in [-0.2, -0.15) is 0 Å². The molecule has 2 N–H and O–H groups in total. The molecule has 0 aliphatic carbocycles. The molecule has 1 amide bonds. The normalized spacial score (nSPS) is 12.0. The molecule has 0 bridgehead atoms. The van der Waals surface area contributed by atoms with Crippen LogP contribution in [0.1, 0.15) is 84.0 Å². The monoisotopic (exact) mass is 335 g/mol. The van der Waals surface area contributed by atoms with Gasteiger partial charge < -0.3 is 0 Å². The number of hydrogen-bond donors (Lipinski definition) is 2. The van der Waals surface area contributed by atoms with E-state index < -0.39 is 12.0 Å². The Kier molecular flexibility index (Phi) is 14.9. The number of aliphatic carboxylic acids is 1. The first-order valence-electron chi connectivity index (χ1n) is 8.99. The number of hydrogen-bond acceptors (Lipinski definition) is 3. The summed E-state index contributed by atoms with van der Waals surface area (Å²) in [6.45, 7) is 2.21. The van der Waals surface area contributed by atoms with Gasteiger partial charge in [0.15, 0.2) is 0 Å². The van der Waals surface area contributed by atoms with Gasteiger partial charge in [-0.3, -0.25) is 0 Å². The van der Waals surface area contributed by atoms with E-state index in [0.29, 0.717) is 34.4 Å². The Bertz CT molecular complexity index is 361. The second kappa shape index (κ2) is 15.2. The molecule has 0 aliphatic heterocycles. The average molecular weight is 335 g/mol. The van der Waals surface area contributed by atoms with Crippen molar-refractivity contribution in [3.05, 3.63) is 0 Å². The molecular weight excluding hydrogens is 305 g/mol. The number of carbonyl (C=O) groups is 3. The molecule has 0 aromatic rings. The third kappa shape index (κ3) is 14.9. The molecule has 1 unspecified atom stereocenters. The molecule has 1 atom stereocenters. The van der Waals surface area contributed by atoms with Crippen LogP contribution in [0.2, 0.25) is 0 Å². The first-order chi connectivity index (χ1) is 11.0. The van der Waals surface area contributed by atoms with E-state index in [1.807, 2.05) is 0 Å². The number of unbranched alkanes of at least 4 members (excludes halogenated alkanes) is 8. The van der Waals surface area contributed by atoms with Crippen LogP contribution in [0.15, 0.2) is 0 Å². The number of rotatable bonds is 15. The van der Waals surface area contributed by atoms with Crippen molar-refractivity contribution in [3.8, 4) is 0 Å². The van der Waals surface area contributed by atoms with Crippen LogP contribution in [-0.4, -0.2) is 54.0 Å². The first-order valence-corrected chi connectivity index (χ1v) is 9.99. The van der Waals surface area contributed by atoms with Crippen molar-refractivity contribution < 1.29 is 19.5 Å². The number of carboxylic acid groups (broad SMARTS) is 1. The molecule has 128 valence electrons. The molecule has 23 heavy (non-hydrogen) atoms. The van der Waals surface area contributed by atoms with Crippen molar-refractivity contribution in [1.29, 1.82) is 0 Å². The minimum absolute atomic E-state index is 0.0494. The van der Waals surface area contributed by atoms with Gasteiger partial charge in [0, 0.05) is 0 Å². The van der Waals surface area contributed by atoms with Crippen molar-refractivity contribution in [2.24, 2.45) is 0 Å². The standard InChI is InChI=1S/C17H30NO4.Na/c1-2-3-4-5-6-7-8-9-10-11-16(20)18-15(14-19)12-13-17(21)22;/h15H,2-13H2,1H3,(H,18,20)(H,21,22);.